The SMILES string of the molecule is Cc1oc(-c2ccccc2)nc1CCOc1ccc(CCC(=O)O)c(CNC(=O)c2cc(Cl)ccc2Cl)c1. The first kappa shape index (κ1) is 27.2. The van der Waals surface area contributed by atoms with Gasteiger partial charge in [-0.15, -0.1) is 0 Å². The van der Waals surface area contributed by atoms with Crippen LogP contribution in [0.2, 0.25) is 10.0 Å². The van der Waals surface area contributed by atoms with E-state index in [-0.39, 0.29) is 29.5 Å². The van der Waals surface area contributed by atoms with Gasteiger partial charge in [0.05, 0.1) is 22.9 Å². The molecule has 2 N–H and O–H groups in total. The third kappa shape index (κ3) is 7.15. The average molecular weight is 553 g/mol. The number of amides is 1. The highest BCUT2D eigenvalue weighted by Crippen LogP contribution is 2.24. The number of aryl methyl sites for hydroxylation is 2. The fourth-order valence-corrected chi connectivity index (χ4v) is 4.29. The highest BCUT2D eigenvalue weighted by molar-refractivity contribution is 6.35. The molecule has 1 amide bonds. The van der Waals surface area contributed by atoms with Crippen molar-refractivity contribution in [3.63, 3.8) is 0 Å². The number of carbonyl (C=O) groups is 2. The van der Waals surface area contributed by atoms with Gasteiger partial charge < -0.3 is 19.6 Å². The van der Waals surface area contributed by atoms with E-state index in [2.05, 4.69) is 10.3 Å². The molecule has 0 bridgehead atoms. The molecular weight excluding hydrogens is 527 g/mol. The lowest BCUT2D eigenvalue weighted by Crippen LogP contribution is -2.24. The molecule has 0 saturated heterocycles. The first-order valence-electron chi connectivity index (χ1n) is 12.0. The van der Waals surface area contributed by atoms with Crippen LogP contribution in [0.5, 0.6) is 5.75 Å². The molecule has 0 aliphatic heterocycles. The molecule has 4 rings (SSSR count). The van der Waals surface area contributed by atoms with E-state index in [1.165, 1.54) is 6.07 Å². The Morgan fingerprint density at radius 1 is 1.00 bits per heavy atom. The zero-order valence-electron chi connectivity index (χ0n) is 20.7. The number of carbonyl (C=O) groups excluding carboxylic acids is 1. The van der Waals surface area contributed by atoms with Crippen LogP contribution in [0.15, 0.2) is 71.1 Å². The van der Waals surface area contributed by atoms with E-state index in [4.69, 9.17) is 37.5 Å². The average Bonchev–Trinajstić information content (AvgIpc) is 3.28. The fraction of sp³-hybridized carbons (Fsp3) is 0.207. The fourth-order valence-electron chi connectivity index (χ4n) is 3.91. The Morgan fingerprint density at radius 2 is 1.79 bits per heavy atom. The third-order valence-corrected chi connectivity index (χ3v) is 6.48. The number of carboxylic acids is 1. The Balaban J connectivity index is 1.43. The smallest absolute Gasteiger partial charge is 0.303 e. The molecule has 1 heterocycles. The zero-order valence-corrected chi connectivity index (χ0v) is 22.2. The summed E-state index contributed by atoms with van der Waals surface area (Å²) in [5.41, 5.74) is 3.53. The van der Waals surface area contributed by atoms with E-state index in [1.54, 1.807) is 18.2 Å². The summed E-state index contributed by atoms with van der Waals surface area (Å²) < 4.78 is 11.8. The molecule has 196 valence electrons. The first-order valence-corrected chi connectivity index (χ1v) is 12.8. The number of hydrogen-bond donors (Lipinski definition) is 2. The number of nitrogens with zero attached hydrogens (tertiary/aromatic N) is 1. The van der Waals surface area contributed by atoms with Crippen LogP contribution in [0.4, 0.5) is 0 Å². The van der Waals surface area contributed by atoms with Crippen LogP contribution < -0.4 is 10.1 Å². The van der Waals surface area contributed by atoms with E-state index in [1.807, 2.05) is 49.4 Å². The summed E-state index contributed by atoms with van der Waals surface area (Å²) in [4.78, 5) is 28.5. The van der Waals surface area contributed by atoms with Crippen LogP contribution in [-0.4, -0.2) is 28.6 Å². The third-order valence-electron chi connectivity index (χ3n) is 5.92. The minimum atomic E-state index is -0.899. The maximum atomic E-state index is 12.7. The second-order valence-corrected chi connectivity index (χ2v) is 9.46. The number of aromatic nitrogens is 1. The van der Waals surface area contributed by atoms with Gasteiger partial charge in [0.1, 0.15) is 11.5 Å². The van der Waals surface area contributed by atoms with Crippen molar-refractivity contribution in [2.24, 2.45) is 0 Å². The molecule has 0 unspecified atom stereocenters. The Labute approximate surface area is 230 Å². The monoisotopic (exact) mass is 552 g/mol. The molecular formula is C29H26Cl2N2O5. The normalized spacial score (nSPS) is 10.8. The number of nitrogens with one attached hydrogen (secondary N) is 1. The van der Waals surface area contributed by atoms with Gasteiger partial charge in [-0.2, -0.15) is 0 Å². The maximum absolute atomic E-state index is 12.7. The van der Waals surface area contributed by atoms with Crippen LogP contribution in [0.25, 0.3) is 11.5 Å². The number of rotatable bonds is 11. The number of hydrogen-bond acceptors (Lipinski definition) is 5. The molecule has 0 aliphatic rings. The van der Waals surface area contributed by atoms with Gasteiger partial charge in [0.25, 0.3) is 5.91 Å². The second kappa shape index (κ2) is 12.6. The van der Waals surface area contributed by atoms with Gasteiger partial charge in [-0.25, -0.2) is 4.98 Å². The summed E-state index contributed by atoms with van der Waals surface area (Å²) >= 11 is 12.2. The topological polar surface area (TPSA) is 102 Å². The Kier molecular flexibility index (Phi) is 9.05. The predicted molar refractivity (Wildman–Crippen MR) is 146 cm³/mol. The van der Waals surface area contributed by atoms with E-state index in [9.17, 15) is 9.59 Å². The van der Waals surface area contributed by atoms with E-state index in [0.717, 1.165) is 28.1 Å². The van der Waals surface area contributed by atoms with Crippen LogP contribution in [-0.2, 0) is 24.2 Å². The van der Waals surface area contributed by atoms with Gasteiger partial charge in [-0.05, 0) is 66.9 Å². The van der Waals surface area contributed by atoms with Gasteiger partial charge in [0, 0.05) is 30.0 Å². The summed E-state index contributed by atoms with van der Waals surface area (Å²) in [6, 6.07) is 19.8. The Bertz CT molecular complexity index is 1440. The van der Waals surface area contributed by atoms with Crippen molar-refractivity contribution in [1.29, 1.82) is 0 Å². The van der Waals surface area contributed by atoms with Crippen molar-refractivity contribution in [2.75, 3.05) is 6.61 Å². The van der Waals surface area contributed by atoms with E-state index in [0.29, 0.717) is 36.1 Å². The number of aliphatic carboxylic acids is 1. The summed E-state index contributed by atoms with van der Waals surface area (Å²) in [5, 5.41) is 12.7. The van der Waals surface area contributed by atoms with Gasteiger partial charge >= 0.3 is 5.97 Å². The van der Waals surface area contributed by atoms with Crippen molar-refractivity contribution >= 4 is 35.1 Å². The molecule has 0 saturated carbocycles. The molecule has 1 aromatic heterocycles. The molecule has 7 nitrogen and oxygen atoms in total. The molecule has 3 aromatic carbocycles. The van der Waals surface area contributed by atoms with Crippen molar-refractivity contribution in [2.45, 2.75) is 32.7 Å². The lowest BCUT2D eigenvalue weighted by molar-refractivity contribution is -0.136. The molecule has 0 spiro atoms. The molecule has 0 atom stereocenters. The number of benzene rings is 3. The van der Waals surface area contributed by atoms with E-state index < -0.39 is 5.97 Å². The van der Waals surface area contributed by atoms with Crippen molar-refractivity contribution in [1.82, 2.24) is 10.3 Å². The largest absolute Gasteiger partial charge is 0.493 e. The molecule has 38 heavy (non-hydrogen) atoms. The van der Waals surface area contributed by atoms with Gasteiger partial charge in [0.15, 0.2) is 0 Å². The molecule has 0 aliphatic carbocycles. The number of carboxylic acid groups (broad SMARTS) is 1. The number of oxazole rings is 1. The summed E-state index contributed by atoms with van der Waals surface area (Å²) in [7, 11) is 0. The highest BCUT2D eigenvalue weighted by Gasteiger charge is 2.14. The summed E-state index contributed by atoms with van der Waals surface area (Å²) in [5.74, 6) is 0.615. The molecule has 9 heteroatoms. The minimum absolute atomic E-state index is 0.0313. The Hall–Kier alpha value is -3.81. The number of halogens is 2. The van der Waals surface area contributed by atoms with Crippen molar-refractivity contribution < 1.29 is 23.8 Å². The molecule has 4 aromatic rings. The van der Waals surface area contributed by atoms with Crippen LogP contribution >= 0.6 is 23.2 Å². The first-order chi connectivity index (χ1) is 18.3. The lowest BCUT2D eigenvalue weighted by atomic mass is 10.0. The standard InChI is InChI=1S/C29H26Cl2N2O5/c1-18-26(33-29(38-18)20-5-3-2-4-6-20)13-14-37-23-10-7-19(8-12-27(34)35)21(15-23)17-32-28(36)24-16-22(30)9-11-25(24)31/h2-7,9-11,15-16H,8,12-14,17H2,1H3,(H,32,36)(H,34,35). The van der Waals surface area contributed by atoms with Crippen molar-refractivity contribution in [3.05, 3.63) is 105 Å². The minimum Gasteiger partial charge on any atom is -0.493 e. The second-order valence-electron chi connectivity index (χ2n) is 8.62. The van der Waals surface area contributed by atoms with Gasteiger partial charge in [-0.3, -0.25) is 9.59 Å². The molecule has 0 radical (unpaired) electrons. The zero-order chi connectivity index (χ0) is 27.1. The Morgan fingerprint density at radius 3 is 2.55 bits per heavy atom. The van der Waals surface area contributed by atoms with Crippen LogP contribution in [0, 0.1) is 6.92 Å². The summed E-state index contributed by atoms with van der Waals surface area (Å²) in [6.07, 6.45) is 0.831. The van der Waals surface area contributed by atoms with Crippen LogP contribution in [0.1, 0.15) is 39.4 Å². The molecule has 0 fully saturated rings. The van der Waals surface area contributed by atoms with Crippen LogP contribution in [0.3, 0.4) is 0 Å². The number of ether oxygens (including phenoxy) is 1. The quantitative estimate of drug-likeness (QED) is 0.219. The predicted octanol–water partition coefficient (Wildman–Crippen LogP) is 6.53. The van der Waals surface area contributed by atoms with E-state index >= 15 is 0 Å². The highest BCUT2D eigenvalue weighted by atomic mass is 35.5. The van der Waals surface area contributed by atoms with Gasteiger partial charge in [-0.1, -0.05) is 47.5 Å². The van der Waals surface area contributed by atoms with Crippen molar-refractivity contribution in [3.8, 4) is 17.2 Å². The summed E-state index contributed by atoms with van der Waals surface area (Å²) in [6.45, 7) is 2.40. The maximum Gasteiger partial charge on any atom is 0.303 e. The lowest BCUT2D eigenvalue weighted by Gasteiger charge is -2.14. The van der Waals surface area contributed by atoms with Gasteiger partial charge in [0.2, 0.25) is 5.89 Å².